The van der Waals surface area contributed by atoms with Gasteiger partial charge in [-0.05, 0) is 18.9 Å². The first kappa shape index (κ1) is 13.5. The van der Waals surface area contributed by atoms with Gasteiger partial charge in [-0.2, -0.15) is 0 Å². The van der Waals surface area contributed by atoms with Crippen LogP contribution in [0.2, 0.25) is 0 Å². The maximum atomic E-state index is 10.6. The molecule has 0 aliphatic heterocycles. The van der Waals surface area contributed by atoms with Crippen molar-refractivity contribution in [1.29, 1.82) is 0 Å². The van der Waals surface area contributed by atoms with Gasteiger partial charge in [-0.25, -0.2) is 4.79 Å². The molecule has 3 nitrogen and oxygen atoms in total. The van der Waals surface area contributed by atoms with Crippen molar-refractivity contribution in [1.82, 2.24) is 5.32 Å². The number of benzene rings is 1. The Morgan fingerprint density at radius 3 is 2.59 bits per heavy atom. The number of nitrogens with one attached hydrogen (secondary N) is 1. The van der Waals surface area contributed by atoms with Crippen LogP contribution >= 0.6 is 0 Å². The Morgan fingerprint density at radius 1 is 1.41 bits per heavy atom. The third-order valence-electron chi connectivity index (χ3n) is 2.72. The normalized spacial score (nSPS) is 13.4. The van der Waals surface area contributed by atoms with Crippen LogP contribution in [-0.4, -0.2) is 17.6 Å². The molecule has 1 aromatic rings. The largest absolute Gasteiger partial charge is 0.478 e. The molecule has 0 amide bonds. The van der Waals surface area contributed by atoms with Crippen LogP contribution in [-0.2, 0) is 4.79 Å². The third-order valence-corrected chi connectivity index (χ3v) is 2.72. The van der Waals surface area contributed by atoms with Crippen molar-refractivity contribution in [3.05, 3.63) is 47.5 Å². The van der Waals surface area contributed by atoms with E-state index in [0.717, 1.165) is 6.42 Å². The van der Waals surface area contributed by atoms with Crippen molar-refractivity contribution < 1.29 is 9.90 Å². The second-order valence-corrected chi connectivity index (χ2v) is 3.97. The van der Waals surface area contributed by atoms with Crippen molar-refractivity contribution in [2.75, 3.05) is 6.54 Å². The van der Waals surface area contributed by atoms with Gasteiger partial charge in [0.1, 0.15) is 0 Å². The zero-order valence-electron chi connectivity index (χ0n) is 10.3. The highest BCUT2D eigenvalue weighted by Gasteiger charge is 2.06. The highest BCUT2D eigenvalue weighted by Crippen LogP contribution is 2.15. The molecule has 0 aromatic heterocycles. The first-order chi connectivity index (χ1) is 8.15. The van der Waals surface area contributed by atoms with Gasteiger partial charge in [0.15, 0.2) is 0 Å². The SMILES string of the molecule is CCC(NC/C=C(/C)C(=O)O)c1ccccc1. The molecule has 17 heavy (non-hydrogen) atoms. The number of aliphatic carboxylic acids is 1. The van der Waals surface area contributed by atoms with E-state index in [1.54, 1.807) is 13.0 Å². The van der Waals surface area contributed by atoms with Crippen LogP contribution in [0.25, 0.3) is 0 Å². The monoisotopic (exact) mass is 233 g/mol. The standard InChI is InChI=1S/C14H19NO2/c1-3-13(12-7-5-4-6-8-12)15-10-9-11(2)14(16)17/h4-9,13,15H,3,10H2,1-2H3,(H,16,17)/b11-9-. The van der Waals surface area contributed by atoms with E-state index in [1.807, 2.05) is 18.2 Å². The Bertz CT molecular complexity index is 384. The summed E-state index contributed by atoms with van der Waals surface area (Å²) in [6.07, 6.45) is 2.68. The van der Waals surface area contributed by atoms with E-state index in [0.29, 0.717) is 12.1 Å². The fraction of sp³-hybridized carbons (Fsp3) is 0.357. The molecule has 92 valence electrons. The summed E-state index contributed by atoms with van der Waals surface area (Å²) < 4.78 is 0. The summed E-state index contributed by atoms with van der Waals surface area (Å²) in [7, 11) is 0. The molecule has 0 bridgehead atoms. The average molecular weight is 233 g/mol. The lowest BCUT2D eigenvalue weighted by Crippen LogP contribution is -2.21. The maximum Gasteiger partial charge on any atom is 0.330 e. The molecular formula is C14H19NO2. The summed E-state index contributed by atoms with van der Waals surface area (Å²) in [5.41, 5.74) is 1.61. The Balaban J connectivity index is 2.55. The second kappa shape index (κ2) is 6.86. The van der Waals surface area contributed by atoms with Gasteiger partial charge in [0.05, 0.1) is 0 Å². The average Bonchev–Trinajstić information content (AvgIpc) is 2.35. The van der Waals surface area contributed by atoms with Gasteiger partial charge in [0.25, 0.3) is 0 Å². The smallest absolute Gasteiger partial charge is 0.330 e. The van der Waals surface area contributed by atoms with Crippen LogP contribution in [0, 0.1) is 0 Å². The van der Waals surface area contributed by atoms with E-state index in [4.69, 9.17) is 5.11 Å². The van der Waals surface area contributed by atoms with E-state index in [-0.39, 0.29) is 6.04 Å². The van der Waals surface area contributed by atoms with E-state index in [1.165, 1.54) is 5.56 Å². The third kappa shape index (κ3) is 4.41. The van der Waals surface area contributed by atoms with Crippen molar-refractivity contribution in [3.8, 4) is 0 Å². The molecule has 0 aliphatic carbocycles. The lowest BCUT2D eigenvalue weighted by molar-refractivity contribution is -0.132. The molecule has 0 saturated carbocycles. The minimum absolute atomic E-state index is 0.272. The van der Waals surface area contributed by atoms with Crippen LogP contribution < -0.4 is 5.32 Å². The van der Waals surface area contributed by atoms with Crippen molar-refractivity contribution in [2.24, 2.45) is 0 Å². The quantitative estimate of drug-likeness (QED) is 0.743. The minimum atomic E-state index is -0.862. The van der Waals surface area contributed by atoms with E-state index in [2.05, 4.69) is 24.4 Å². The lowest BCUT2D eigenvalue weighted by atomic mass is 10.0. The minimum Gasteiger partial charge on any atom is -0.478 e. The topological polar surface area (TPSA) is 49.3 Å². The fourth-order valence-corrected chi connectivity index (χ4v) is 1.62. The molecular weight excluding hydrogens is 214 g/mol. The first-order valence-electron chi connectivity index (χ1n) is 5.83. The second-order valence-electron chi connectivity index (χ2n) is 3.97. The van der Waals surface area contributed by atoms with Crippen LogP contribution in [0.4, 0.5) is 0 Å². The summed E-state index contributed by atoms with van der Waals surface area (Å²) >= 11 is 0. The van der Waals surface area contributed by atoms with Gasteiger partial charge in [-0.15, -0.1) is 0 Å². The van der Waals surface area contributed by atoms with Crippen molar-refractivity contribution in [3.63, 3.8) is 0 Å². The van der Waals surface area contributed by atoms with E-state index in [9.17, 15) is 4.79 Å². The Kier molecular flexibility index (Phi) is 5.43. The highest BCUT2D eigenvalue weighted by molar-refractivity contribution is 5.85. The molecule has 0 fully saturated rings. The lowest BCUT2D eigenvalue weighted by Gasteiger charge is -2.16. The molecule has 0 radical (unpaired) electrons. The van der Waals surface area contributed by atoms with Crippen LogP contribution in [0.15, 0.2) is 42.0 Å². The number of carboxylic acids is 1. The Morgan fingerprint density at radius 2 is 2.06 bits per heavy atom. The molecule has 0 heterocycles. The fourth-order valence-electron chi connectivity index (χ4n) is 1.62. The molecule has 0 spiro atoms. The summed E-state index contributed by atoms with van der Waals surface area (Å²) in [4.78, 5) is 10.6. The maximum absolute atomic E-state index is 10.6. The molecule has 1 unspecified atom stereocenters. The number of hydrogen-bond donors (Lipinski definition) is 2. The molecule has 1 rings (SSSR count). The zero-order chi connectivity index (χ0) is 12.7. The first-order valence-corrected chi connectivity index (χ1v) is 5.83. The van der Waals surface area contributed by atoms with Gasteiger partial charge in [0.2, 0.25) is 0 Å². The molecule has 0 saturated heterocycles. The Hall–Kier alpha value is -1.61. The highest BCUT2D eigenvalue weighted by atomic mass is 16.4. The summed E-state index contributed by atoms with van der Waals surface area (Å²) in [5, 5.41) is 12.1. The Labute approximate surface area is 102 Å². The van der Waals surface area contributed by atoms with Gasteiger partial charge in [-0.3, -0.25) is 0 Å². The molecule has 2 N–H and O–H groups in total. The van der Waals surface area contributed by atoms with Crippen molar-refractivity contribution in [2.45, 2.75) is 26.3 Å². The number of carbonyl (C=O) groups is 1. The molecule has 3 heteroatoms. The van der Waals surface area contributed by atoms with Gasteiger partial charge in [-0.1, -0.05) is 43.3 Å². The molecule has 1 atom stereocenters. The number of carboxylic acid groups (broad SMARTS) is 1. The summed E-state index contributed by atoms with van der Waals surface area (Å²) in [5.74, 6) is -0.862. The van der Waals surface area contributed by atoms with Gasteiger partial charge < -0.3 is 10.4 Å². The predicted octanol–water partition coefficient (Wildman–Crippen LogP) is 2.76. The van der Waals surface area contributed by atoms with Crippen LogP contribution in [0.3, 0.4) is 0 Å². The molecule has 0 aliphatic rings. The van der Waals surface area contributed by atoms with Gasteiger partial charge in [0, 0.05) is 18.2 Å². The zero-order valence-corrected chi connectivity index (χ0v) is 10.3. The van der Waals surface area contributed by atoms with Crippen LogP contribution in [0.5, 0.6) is 0 Å². The van der Waals surface area contributed by atoms with Crippen molar-refractivity contribution >= 4 is 5.97 Å². The number of rotatable bonds is 6. The van der Waals surface area contributed by atoms with E-state index >= 15 is 0 Å². The summed E-state index contributed by atoms with van der Waals surface area (Å²) in [6.45, 7) is 4.29. The van der Waals surface area contributed by atoms with E-state index < -0.39 is 5.97 Å². The van der Waals surface area contributed by atoms with Gasteiger partial charge >= 0.3 is 5.97 Å². The predicted molar refractivity (Wildman–Crippen MR) is 68.9 cm³/mol. The summed E-state index contributed by atoms with van der Waals surface area (Å²) in [6, 6.07) is 10.4. The van der Waals surface area contributed by atoms with Crippen LogP contribution in [0.1, 0.15) is 31.9 Å². The molecule has 1 aromatic carbocycles. The number of hydrogen-bond acceptors (Lipinski definition) is 2.